The monoisotopic (exact) mass is 279 g/mol. The van der Waals surface area contributed by atoms with Crippen LogP contribution in [0.15, 0.2) is 22.7 Å². The second kappa shape index (κ2) is 6.47. The zero-order valence-corrected chi connectivity index (χ0v) is 11.8. The average Bonchev–Trinajstić information content (AvgIpc) is 2.84. The first-order chi connectivity index (χ1) is 9.60. The van der Waals surface area contributed by atoms with Crippen molar-refractivity contribution < 1.29 is 13.7 Å². The van der Waals surface area contributed by atoms with Crippen LogP contribution < -0.4 is 10.1 Å². The Morgan fingerprint density at radius 1 is 1.45 bits per heavy atom. The third-order valence-electron chi connectivity index (χ3n) is 3.03. The summed E-state index contributed by atoms with van der Waals surface area (Å²) in [5, 5.41) is 6.94. The van der Waals surface area contributed by atoms with Gasteiger partial charge >= 0.3 is 0 Å². The molecule has 0 saturated carbocycles. The second-order valence-electron chi connectivity index (χ2n) is 4.55. The molecule has 0 fully saturated rings. The van der Waals surface area contributed by atoms with Crippen LogP contribution in [0.2, 0.25) is 0 Å². The molecule has 0 radical (unpaired) electrons. The highest BCUT2D eigenvalue weighted by molar-refractivity contribution is 5.30. The molecule has 0 amide bonds. The summed E-state index contributed by atoms with van der Waals surface area (Å²) in [5.41, 5.74) is 0.604. The molecule has 5 nitrogen and oxygen atoms in total. The van der Waals surface area contributed by atoms with Crippen molar-refractivity contribution in [2.75, 3.05) is 13.7 Å². The SMILES string of the molecule is COc1ccc(C(C)NCCc2nc(C)no2)c(F)c1. The van der Waals surface area contributed by atoms with Crippen LogP contribution in [-0.4, -0.2) is 23.8 Å². The summed E-state index contributed by atoms with van der Waals surface area (Å²) in [6, 6.07) is 4.75. The zero-order chi connectivity index (χ0) is 14.5. The van der Waals surface area contributed by atoms with Gasteiger partial charge in [-0.1, -0.05) is 11.2 Å². The zero-order valence-electron chi connectivity index (χ0n) is 11.8. The lowest BCUT2D eigenvalue weighted by Crippen LogP contribution is -2.22. The Morgan fingerprint density at radius 3 is 2.85 bits per heavy atom. The smallest absolute Gasteiger partial charge is 0.227 e. The van der Waals surface area contributed by atoms with E-state index in [-0.39, 0.29) is 11.9 Å². The highest BCUT2D eigenvalue weighted by Crippen LogP contribution is 2.21. The number of benzene rings is 1. The third-order valence-corrected chi connectivity index (χ3v) is 3.03. The molecule has 0 saturated heterocycles. The van der Waals surface area contributed by atoms with Crippen LogP contribution in [0, 0.1) is 12.7 Å². The van der Waals surface area contributed by atoms with Crippen molar-refractivity contribution >= 4 is 0 Å². The lowest BCUT2D eigenvalue weighted by molar-refractivity contribution is 0.369. The number of nitrogens with zero attached hydrogens (tertiary/aromatic N) is 2. The number of nitrogens with one attached hydrogen (secondary N) is 1. The number of methoxy groups -OCH3 is 1. The van der Waals surface area contributed by atoms with Gasteiger partial charge in [0, 0.05) is 30.6 Å². The Kier molecular flexibility index (Phi) is 4.68. The van der Waals surface area contributed by atoms with Crippen LogP contribution in [0.1, 0.15) is 30.2 Å². The first kappa shape index (κ1) is 14.5. The minimum Gasteiger partial charge on any atom is -0.497 e. The van der Waals surface area contributed by atoms with E-state index >= 15 is 0 Å². The molecule has 1 aromatic carbocycles. The van der Waals surface area contributed by atoms with Crippen molar-refractivity contribution in [2.45, 2.75) is 26.3 Å². The largest absolute Gasteiger partial charge is 0.497 e. The van der Waals surface area contributed by atoms with Crippen LogP contribution in [-0.2, 0) is 6.42 Å². The Balaban J connectivity index is 1.89. The molecule has 0 spiro atoms. The predicted octanol–water partition coefficient (Wildman–Crippen LogP) is 2.42. The predicted molar refractivity (Wildman–Crippen MR) is 72.1 cm³/mol. The number of aromatic nitrogens is 2. The Hall–Kier alpha value is -1.95. The Labute approximate surface area is 117 Å². The van der Waals surface area contributed by atoms with Crippen LogP contribution in [0.25, 0.3) is 0 Å². The molecule has 0 bridgehead atoms. The number of rotatable bonds is 6. The van der Waals surface area contributed by atoms with Gasteiger partial charge < -0.3 is 14.6 Å². The summed E-state index contributed by atoms with van der Waals surface area (Å²) in [7, 11) is 1.52. The van der Waals surface area contributed by atoms with Crippen molar-refractivity contribution in [3.8, 4) is 5.75 Å². The molecule has 1 unspecified atom stereocenters. The summed E-state index contributed by atoms with van der Waals surface area (Å²) in [4.78, 5) is 4.11. The van der Waals surface area contributed by atoms with E-state index < -0.39 is 0 Å². The molecular weight excluding hydrogens is 261 g/mol. The third kappa shape index (κ3) is 3.54. The van der Waals surface area contributed by atoms with Gasteiger partial charge in [-0.25, -0.2) is 4.39 Å². The van der Waals surface area contributed by atoms with Gasteiger partial charge in [-0.2, -0.15) is 4.98 Å². The standard InChI is InChI=1S/C14H18FN3O2/c1-9(12-5-4-11(19-3)8-13(12)15)16-7-6-14-17-10(2)18-20-14/h4-5,8-9,16H,6-7H2,1-3H3. The quantitative estimate of drug-likeness (QED) is 0.880. The van der Waals surface area contributed by atoms with Crippen molar-refractivity contribution in [2.24, 2.45) is 0 Å². The number of hydrogen-bond donors (Lipinski definition) is 1. The highest BCUT2D eigenvalue weighted by atomic mass is 19.1. The van der Waals surface area contributed by atoms with E-state index in [1.165, 1.54) is 13.2 Å². The van der Waals surface area contributed by atoms with Gasteiger partial charge in [0.05, 0.1) is 7.11 Å². The summed E-state index contributed by atoms with van der Waals surface area (Å²) in [5.74, 6) is 1.43. The van der Waals surface area contributed by atoms with Crippen LogP contribution in [0.5, 0.6) is 5.75 Å². The van der Waals surface area contributed by atoms with Crippen LogP contribution in [0.4, 0.5) is 4.39 Å². The van der Waals surface area contributed by atoms with Crippen LogP contribution >= 0.6 is 0 Å². The molecular formula is C14H18FN3O2. The van der Waals surface area contributed by atoms with Crippen molar-refractivity contribution in [3.05, 3.63) is 41.3 Å². The lowest BCUT2D eigenvalue weighted by atomic mass is 10.1. The molecule has 1 heterocycles. The van der Waals surface area contributed by atoms with Crippen molar-refractivity contribution in [3.63, 3.8) is 0 Å². The number of aryl methyl sites for hydroxylation is 1. The van der Waals surface area contributed by atoms with Gasteiger partial charge in [0.2, 0.25) is 5.89 Å². The molecule has 0 aliphatic rings. The minimum atomic E-state index is -0.280. The van der Waals surface area contributed by atoms with E-state index in [1.54, 1.807) is 19.1 Å². The molecule has 20 heavy (non-hydrogen) atoms. The van der Waals surface area contributed by atoms with Crippen LogP contribution in [0.3, 0.4) is 0 Å². The first-order valence-corrected chi connectivity index (χ1v) is 6.46. The summed E-state index contributed by atoms with van der Waals surface area (Å²) >= 11 is 0. The molecule has 2 aromatic rings. The maximum Gasteiger partial charge on any atom is 0.227 e. The Bertz CT molecular complexity index is 571. The fourth-order valence-corrected chi connectivity index (χ4v) is 1.93. The van der Waals surface area contributed by atoms with E-state index in [0.29, 0.717) is 36.0 Å². The maximum absolute atomic E-state index is 13.9. The minimum absolute atomic E-state index is 0.107. The summed E-state index contributed by atoms with van der Waals surface area (Å²) < 4.78 is 23.9. The van der Waals surface area contributed by atoms with E-state index in [1.807, 2.05) is 6.92 Å². The van der Waals surface area contributed by atoms with E-state index in [0.717, 1.165) is 0 Å². The Morgan fingerprint density at radius 2 is 2.25 bits per heavy atom. The van der Waals surface area contributed by atoms with Gasteiger partial charge in [0.25, 0.3) is 0 Å². The van der Waals surface area contributed by atoms with Gasteiger partial charge in [-0.15, -0.1) is 0 Å². The van der Waals surface area contributed by atoms with Gasteiger partial charge in [0.15, 0.2) is 5.82 Å². The molecule has 0 aliphatic heterocycles. The number of halogens is 1. The second-order valence-corrected chi connectivity index (χ2v) is 4.55. The molecule has 1 N–H and O–H groups in total. The van der Waals surface area contributed by atoms with E-state index in [4.69, 9.17) is 9.26 Å². The normalized spacial score (nSPS) is 12.4. The average molecular weight is 279 g/mol. The maximum atomic E-state index is 13.9. The van der Waals surface area contributed by atoms with Gasteiger partial charge in [0.1, 0.15) is 11.6 Å². The summed E-state index contributed by atoms with van der Waals surface area (Å²) in [6.45, 7) is 4.31. The molecule has 1 atom stereocenters. The topological polar surface area (TPSA) is 60.2 Å². The lowest BCUT2D eigenvalue weighted by Gasteiger charge is -2.15. The number of hydrogen-bond acceptors (Lipinski definition) is 5. The molecule has 108 valence electrons. The summed E-state index contributed by atoms with van der Waals surface area (Å²) in [6.07, 6.45) is 0.614. The van der Waals surface area contributed by atoms with Gasteiger partial charge in [-0.3, -0.25) is 0 Å². The molecule has 0 aliphatic carbocycles. The highest BCUT2D eigenvalue weighted by Gasteiger charge is 2.12. The number of ether oxygens (including phenoxy) is 1. The fourth-order valence-electron chi connectivity index (χ4n) is 1.93. The first-order valence-electron chi connectivity index (χ1n) is 6.46. The molecule has 2 rings (SSSR count). The molecule has 1 aromatic heterocycles. The van der Waals surface area contributed by atoms with Crippen molar-refractivity contribution in [1.29, 1.82) is 0 Å². The molecule has 6 heteroatoms. The van der Waals surface area contributed by atoms with Gasteiger partial charge in [-0.05, 0) is 19.9 Å². The van der Waals surface area contributed by atoms with E-state index in [2.05, 4.69) is 15.5 Å². The fraction of sp³-hybridized carbons (Fsp3) is 0.429. The van der Waals surface area contributed by atoms with Crippen molar-refractivity contribution in [1.82, 2.24) is 15.5 Å². The van der Waals surface area contributed by atoms with E-state index in [9.17, 15) is 4.39 Å².